The number of hydrogen-bond donors (Lipinski definition) is 0. The molecule has 0 saturated carbocycles. The molecule has 0 atom stereocenters. The topological polar surface area (TPSA) is 47.0 Å². The van der Waals surface area contributed by atoms with Crippen LogP contribution in [0.4, 0.5) is 4.39 Å². The van der Waals surface area contributed by atoms with Gasteiger partial charge in [-0.1, -0.05) is 32.0 Å². The quantitative estimate of drug-likeness (QED) is 0.830. The molecule has 1 aromatic carbocycles. The van der Waals surface area contributed by atoms with Gasteiger partial charge in [0.2, 0.25) is 0 Å². The highest BCUT2D eigenvalue weighted by atomic mass is 32.2. The fraction of sp³-hybridized carbons (Fsp3) is 0.316. The average molecular weight is 345 g/mol. The third kappa shape index (κ3) is 3.41. The highest BCUT2D eigenvalue weighted by Crippen LogP contribution is 2.49. The zero-order valence-corrected chi connectivity index (χ0v) is 14.8. The van der Waals surface area contributed by atoms with Gasteiger partial charge in [0.1, 0.15) is 5.82 Å². The van der Waals surface area contributed by atoms with Crippen LogP contribution in [0.3, 0.4) is 0 Å². The van der Waals surface area contributed by atoms with E-state index in [9.17, 15) is 12.8 Å². The highest BCUT2D eigenvalue weighted by Gasteiger charge is 2.32. The Hall–Kier alpha value is -2.01. The maximum absolute atomic E-state index is 13.2. The van der Waals surface area contributed by atoms with Gasteiger partial charge in [0, 0.05) is 12.5 Å². The minimum atomic E-state index is -3.31. The van der Waals surface area contributed by atoms with E-state index in [0.717, 1.165) is 35.8 Å². The molecule has 1 aliphatic carbocycles. The van der Waals surface area contributed by atoms with Gasteiger partial charge in [0.05, 0.1) is 0 Å². The predicted octanol–water partition coefficient (Wildman–Crippen LogP) is 4.36. The molecule has 0 unspecified atom stereocenters. The number of sulfone groups is 1. The van der Waals surface area contributed by atoms with Gasteiger partial charge in [-0.2, -0.15) is 0 Å². The van der Waals surface area contributed by atoms with Crippen molar-refractivity contribution in [3.63, 3.8) is 0 Å². The van der Waals surface area contributed by atoms with E-state index in [4.69, 9.17) is 0 Å². The van der Waals surface area contributed by atoms with Gasteiger partial charge in [-0.25, -0.2) is 17.8 Å². The van der Waals surface area contributed by atoms with Crippen LogP contribution in [0.25, 0.3) is 11.1 Å². The summed E-state index contributed by atoms with van der Waals surface area (Å²) in [5.74, 6) is -0.252. The molecule has 0 saturated heterocycles. The van der Waals surface area contributed by atoms with Crippen LogP contribution in [0.1, 0.15) is 37.8 Å². The van der Waals surface area contributed by atoms with E-state index in [1.807, 2.05) is 6.07 Å². The second kappa shape index (κ2) is 5.81. The summed E-state index contributed by atoms with van der Waals surface area (Å²) in [6.45, 7) is 4.39. The van der Waals surface area contributed by atoms with E-state index in [1.54, 1.807) is 24.4 Å². The molecule has 1 heterocycles. The van der Waals surface area contributed by atoms with Crippen LogP contribution in [-0.4, -0.2) is 19.7 Å². The van der Waals surface area contributed by atoms with Crippen LogP contribution in [0.2, 0.25) is 0 Å². The van der Waals surface area contributed by atoms with Crippen molar-refractivity contribution in [2.45, 2.75) is 31.7 Å². The summed E-state index contributed by atoms with van der Waals surface area (Å²) in [6, 6.07) is 9.89. The first kappa shape index (κ1) is 16.8. The van der Waals surface area contributed by atoms with Gasteiger partial charge in [-0.05, 0) is 58.7 Å². The molecule has 0 aliphatic heterocycles. The summed E-state index contributed by atoms with van der Waals surface area (Å²) >= 11 is 0. The standard InChI is InChI=1S/C19H20FNO2S/c1-19(2)10-16(13-4-7-15(20)8-5-13)17(11-19)14-6-9-18(21-12-14)24(3,22)23/h4-9,12H,10-11H2,1-3H3. The van der Waals surface area contributed by atoms with Crippen LogP contribution in [-0.2, 0) is 9.84 Å². The molecule has 0 radical (unpaired) electrons. The Morgan fingerprint density at radius 1 is 0.958 bits per heavy atom. The lowest BCUT2D eigenvalue weighted by Gasteiger charge is -2.17. The Morgan fingerprint density at radius 2 is 1.50 bits per heavy atom. The van der Waals surface area contributed by atoms with Gasteiger partial charge in [-0.15, -0.1) is 0 Å². The zero-order chi connectivity index (χ0) is 17.5. The summed E-state index contributed by atoms with van der Waals surface area (Å²) in [5.41, 5.74) is 4.36. The average Bonchev–Trinajstić information content (AvgIpc) is 2.83. The van der Waals surface area contributed by atoms with Crippen molar-refractivity contribution in [2.75, 3.05) is 6.26 Å². The number of allylic oxidation sites excluding steroid dienone is 2. The summed E-state index contributed by atoms with van der Waals surface area (Å²) in [7, 11) is -3.31. The van der Waals surface area contributed by atoms with Crippen LogP contribution in [0, 0.1) is 11.2 Å². The number of halogens is 1. The second-order valence-corrected chi connectivity index (χ2v) is 9.10. The molecule has 0 amide bonds. The van der Waals surface area contributed by atoms with E-state index in [0.29, 0.717) is 0 Å². The van der Waals surface area contributed by atoms with Gasteiger partial charge in [-0.3, -0.25) is 0 Å². The molecule has 3 rings (SSSR count). The summed E-state index contributed by atoms with van der Waals surface area (Å²) in [6.07, 6.45) is 4.54. The minimum Gasteiger partial charge on any atom is -0.244 e. The molecule has 1 aromatic heterocycles. The SMILES string of the molecule is CC1(C)CC(c2ccc(F)cc2)=C(c2ccc(S(C)(=O)=O)nc2)C1. The van der Waals surface area contributed by atoms with Gasteiger partial charge in [0.25, 0.3) is 0 Å². The Labute approximate surface area is 142 Å². The van der Waals surface area contributed by atoms with Crippen LogP contribution in [0.15, 0.2) is 47.6 Å². The fourth-order valence-corrected chi connectivity index (χ4v) is 3.77. The molecule has 24 heavy (non-hydrogen) atoms. The van der Waals surface area contributed by atoms with Crippen molar-refractivity contribution < 1.29 is 12.8 Å². The number of nitrogens with zero attached hydrogens (tertiary/aromatic N) is 1. The zero-order valence-electron chi connectivity index (χ0n) is 14.0. The lowest BCUT2D eigenvalue weighted by molar-refractivity contribution is 0.406. The molecule has 0 N–H and O–H groups in total. The number of aromatic nitrogens is 1. The molecule has 5 heteroatoms. The normalized spacial score (nSPS) is 17.3. The Bertz CT molecular complexity index is 895. The van der Waals surface area contributed by atoms with E-state index >= 15 is 0 Å². The lowest BCUT2D eigenvalue weighted by Crippen LogP contribution is -2.05. The Balaban J connectivity index is 2.07. The Kier molecular flexibility index (Phi) is 4.08. The monoisotopic (exact) mass is 345 g/mol. The van der Waals surface area contributed by atoms with Crippen molar-refractivity contribution in [2.24, 2.45) is 5.41 Å². The van der Waals surface area contributed by atoms with Crippen molar-refractivity contribution >= 4 is 21.0 Å². The summed E-state index contributed by atoms with van der Waals surface area (Å²) < 4.78 is 36.4. The summed E-state index contributed by atoms with van der Waals surface area (Å²) in [5, 5.41) is 0.0763. The second-order valence-electron chi connectivity index (χ2n) is 7.14. The van der Waals surface area contributed by atoms with E-state index < -0.39 is 9.84 Å². The largest absolute Gasteiger partial charge is 0.244 e. The van der Waals surface area contributed by atoms with E-state index in [1.165, 1.54) is 17.7 Å². The highest BCUT2D eigenvalue weighted by molar-refractivity contribution is 7.90. The summed E-state index contributed by atoms with van der Waals surface area (Å²) in [4.78, 5) is 4.10. The number of rotatable bonds is 3. The third-order valence-electron chi connectivity index (χ3n) is 4.33. The molecular formula is C19H20FNO2S. The maximum atomic E-state index is 13.2. The first-order valence-electron chi connectivity index (χ1n) is 7.80. The molecule has 0 bridgehead atoms. The van der Waals surface area contributed by atoms with Crippen LogP contribution < -0.4 is 0 Å². The molecule has 0 spiro atoms. The molecule has 3 nitrogen and oxygen atoms in total. The minimum absolute atomic E-state index is 0.0763. The lowest BCUT2D eigenvalue weighted by atomic mass is 9.88. The maximum Gasteiger partial charge on any atom is 0.192 e. The van der Waals surface area contributed by atoms with E-state index in [2.05, 4.69) is 18.8 Å². The van der Waals surface area contributed by atoms with Crippen molar-refractivity contribution in [3.8, 4) is 0 Å². The van der Waals surface area contributed by atoms with Gasteiger partial charge < -0.3 is 0 Å². The first-order valence-corrected chi connectivity index (χ1v) is 9.69. The van der Waals surface area contributed by atoms with Gasteiger partial charge >= 0.3 is 0 Å². The van der Waals surface area contributed by atoms with Crippen molar-refractivity contribution in [3.05, 3.63) is 59.5 Å². The molecule has 126 valence electrons. The van der Waals surface area contributed by atoms with Crippen LogP contribution >= 0.6 is 0 Å². The predicted molar refractivity (Wildman–Crippen MR) is 93.6 cm³/mol. The number of hydrogen-bond acceptors (Lipinski definition) is 3. The number of benzene rings is 1. The molecular weight excluding hydrogens is 325 g/mol. The van der Waals surface area contributed by atoms with E-state index in [-0.39, 0.29) is 16.3 Å². The Morgan fingerprint density at radius 3 is 2.00 bits per heavy atom. The smallest absolute Gasteiger partial charge is 0.192 e. The number of pyridine rings is 1. The fourth-order valence-electron chi connectivity index (χ4n) is 3.21. The molecule has 2 aromatic rings. The van der Waals surface area contributed by atoms with Gasteiger partial charge in [0.15, 0.2) is 14.9 Å². The molecule has 0 fully saturated rings. The third-order valence-corrected chi connectivity index (χ3v) is 5.33. The first-order chi connectivity index (χ1) is 11.2. The van der Waals surface area contributed by atoms with Crippen molar-refractivity contribution in [1.29, 1.82) is 0 Å². The van der Waals surface area contributed by atoms with Crippen molar-refractivity contribution in [1.82, 2.24) is 4.98 Å². The molecule has 1 aliphatic rings. The van der Waals surface area contributed by atoms with Crippen LogP contribution in [0.5, 0.6) is 0 Å².